The Kier molecular flexibility index (Phi) is 4.15. The number of hydrogen-bond acceptors (Lipinski definition) is 3. The Balaban J connectivity index is 1.79. The van der Waals surface area contributed by atoms with Crippen LogP contribution in [0.15, 0.2) is 48.5 Å². The summed E-state index contributed by atoms with van der Waals surface area (Å²) in [6, 6.07) is 14.9. The van der Waals surface area contributed by atoms with E-state index in [1.165, 1.54) is 0 Å². The van der Waals surface area contributed by atoms with Crippen molar-refractivity contribution in [3.63, 3.8) is 0 Å². The summed E-state index contributed by atoms with van der Waals surface area (Å²) in [5.74, 6) is -0.439. The van der Waals surface area contributed by atoms with E-state index in [-0.39, 0.29) is 5.91 Å². The van der Waals surface area contributed by atoms with Gasteiger partial charge in [0.25, 0.3) is 5.91 Å². The molecule has 0 spiro atoms. The van der Waals surface area contributed by atoms with E-state index in [0.717, 1.165) is 16.8 Å². The third-order valence-corrected chi connectivity index (χ3v) is 4.02. The van der Waals surface area contributed by atoms with Crippen LogP contribution in [0.4, 0.5) is 5.69 Å². The quantitative estimate of drug-likeness (QED) is 0.882. The van der Waals surface area contributed by atoms with Crippen LogP contribution in [0.5, 0.6) is 0 Å². The van der Waals surface area contributed by atoms with Crippen molar-refractivity contribution in [2.75, 3.05) is 5.32 Å². The Labute approximate surface area is 135 Å². The maximum absolute atomic E-state index is 12.5. The molecule has 118 valence electrons. The lowest BCUT2D eigenvalue weighted by atomic mass is 9.97. The van der Waals surface area contributed by atoms with Crippen molar-refractivity contribution in [3.05, 3.63) is 65.2 Å². The Bertz CT molecular complexity index is 752. The van der Waals surface area contributed by atoms with Crippen molar-refractivity contribution < 1.29 is 14.3 Å². The lowest BCUT2D eigenvalue weighted by Gasteiger charge is -2.24. The molecule has 4 nitrogen and oxygen atoms in total. The van der Waals surface area contributed by atoms with Gasteiger partial charge in [-0.15, -0.1) is 0 Å². The lowest BCUT2D eigenvalue weighted by Crippen LogP contribution is -2.38. The van der Waals surface area contributed by atoms with Gasteiger partial charge in [0.2, 0.25) is 0 Å². The second kappa shape index (κ2) is 6.24. The molecule has 3 rings (SSSR count). The van der Waals surface area contributed by atoms with Gasteiger partial charge in [-0.25, -0.2) is 4.79 Å². The number of carbonyl (C=O) groups excluding carboxylic acids is 2. The zero-order chi connectivity index (χ0) is 16.4. The zero-order valence-electron chi connectivity index (χ0n) is 13.2. The highest BCUT2D eigenvalue weighted by atomic mass is 16.5. The monoisotopic (exact) mass is 309 g/mol. The fourth-order valence-electron chi connectivity index (χ4n) is 2.81. The van der Waals surface area contributed by atoms with Gasteiger partial charge in [-0.3, -0.25) is 4.79 Å². The maximum Gasteiger partial charge on any atom is 0.339 e. The molecule has 4 heteroatoms. The Morgan fingerprint density at radius 3 is 2.61 bits per heavy atom. The van der Waals surface area contributed by atoms with E-state index in [1.54, 1.807) is 12.1 Å². The van der Waals surface area contributed by atoms with Gasteiger partial charge < -0.3 is 10.1 Å². The number of anilines is 1. The number of hydrogen-bond donors (Lipinski definition) is 1. The highest BCUT2D eigenvalue weighted by Crippen LogP contribution is 2.25. The van der Waals surface area contributed by atoms with Crippen LogP contribution >= 0.6 is 0 Å². The normalized spacial score (nSPS) is 16.7. The third kappa shape index (κ3) is 3.11. The first-order chi connectivity index (χ1) is 11.1. The Morgan fingerprint density at radius 2 is 1.83 bits per heavy atom. The van der Waals surface area contributed by atoms with Crippen LogP contribution in [0.3, 0.4) is 0 Å². The number of amides is 1. The molecule has 1 atom stereocenters. The van der Waals surface area contributed by atoms with E-state index in [2.05, 4.69) is 19.2 Å². The van der Waals surface area contributed by atoms with E-state index < -0.39 is 12.1 Å². The van der Waals surface area contributed by atoms with Crippen LogP contribution in [0, 0.1) is 0 Å². The molecule has 0 saturated heterocycles. The van der Waals surface area contributed by atoms with Gasteiger partial charge in [-0.05, 0) is 29.2 Å². The zero-order valence-corrected chi connectivity index (χ0v) is 13.2. The summed E-state index contributed by atoms with van der Waals surface area (Å²) in [6.45, 7) is 4.14. The molecule has 0 fully saturated rings. The third-order valence-electron chi connectivity index (χ3n) is 4.02. The topological polar surface area (TPSA) is 55.4 Å². The lowest BCUT2D eigenvalue weighted by molar-refractivity contribution is -0.125. The Morgan fingerprint density at radius 1 is 1.13 bits per heavy atom. The molecule has 0 aliphatic carbocycles. The molecule has 1 N–H and O–H groups in total. The molecule has 1 amide bonds. The number of para-hydroxylation sites is 1. The highest BCUT2D eigenvalue weighted by molar-refractivity contribution is 6.00. The molecule has 0 saturated carbocycles. The van der Waals surface area contributed by atoms with Crippen LogP contribution in [0.1, 0.15) is 41.3 Å². The highest BCUT2D eigenvalue weighted by Gasteiger charge is 2.31. The molecule has 1 aliphatic rings. The number of nitrogens with one attached hydrogen (secondary N) is 1. The summed E-state index contributed by atoms with van der Waals surface area (Å²) in [5, 5.41) is 2.90. The standard InChI is InChI=1S/C19H19NO3/c1-12(2)14-8-5-6-10-16(14)20-18(21)17-11-13-7-3-4-9-15(13)19(22)23-17/h3-10,12,17H,11H2,1-2H3,(H,20,21). The fraction of sp³-hybridized carbons (Fsp3) is 0.263. The van der Waals surface area contributed by atoms with Crippen molar-refractivity contribution in [2.45, 2.75) is 32.3 Å². The minimum absolute atomic E-state index is 0.291. The number of carbonyl (C=O) groups is 2. The van der Waals surface area contributed by atoms with E-state index in [4.69, 9.17) is 4.74 Å². The second-order valence-electron chi connectivity index (χ2n) is 5.99. The average Bonchev–Trinajstić information content (AvgIpc) is 2.55. The van der Waals surface area contributed by atoms with E-state index in [1.807, 2.05) is 36.4 Å². The van der Waals surface area contributed by atoms with Gasteiger partial charge in [0.1, 0.15) is 0 Å². The maximum atomic E-state index is 12.5. The molecule has 0 radical (unpaired) electrons. The molecule has 2 aromatic rings. The number of fused-ring (bicyclic) bond motifs is 1. The predicted molar refractivity (Wildman–Crippen MR) is 88.5 cm³/mol. The molecule has 23 heavy (non-hydrogen) atoms. The number of cyclic esters (lactones) is 1. The number of ether oxygens (including phenoxy) is 1. The molecule has 1 unspecified atom stereocenters. The first-order valence-electron chi connectivity index (χ1n) is 7.75. The summed E-state index contributed by atoms with van der Waals surface area (Å²) < 4.78 is 5.30. The molecule has 2 aromatic carbocycles. The van der Waals surface area contributed by atoms with Gasteiger partial charge in [0.15, 0.2) is 6.10 Å². The molecule has 0 bridgehead atoms. The van der Waals surface area contributed by atoms with Crippen LogP contribution in [0.2, 0.25) is 0 Å². The molecule has 0 aromatic heterocycles. The van der Waals surface area contributed by atoms with E-state index in [0.29, 0.717) is 17.9 Å². The summed E-state index contributed by atoms with van der Waals surface area (Å²) in [6.07, 6.45) is -0.393. The number of esters is 1. The fourth-order valence-corrected chi connectivity index (χ4v) is 2.81. The van der Waals surface area contributed by atoms with E-state index in [9.17, 15) is 9.59 Å². The van der Waals surface area contributed by atoms with Crippen LogP contribution in [-0.2, 0) is 16.0 Å². The largest absolute Gasteiger partial charge is 0.448 e. The van der Waals surface area contributed by atoms with Gasteiger partial charge in [-0.1, -0.05) is 50.2 Å². The van der Waals surface area contributed by atoms with Crippen molar-refractivity contribution in [1.82, 2.24) is 0 Å². The minimum atomic E-state index is -0.794. The first kappa shape index (κ1) is 15.3. The van der Waals surface area contributed by atoms with Crippen molar-refractivity contribution >= 4 is 17.6 Å². The first-order valence-corrected chi connectivity index (χ1v) is 7.75. The smallest absolute Gasteiger partial charge is 0.339 e. The summed E-state index contributed by atoms with van der Waals surface area (Å²) in [5.41, 5.74) is 3.21. The molecular weight excluding hydrogens is 290 g/mol. The average molecular weight is 309 g/mol. The summed E-state index contributed by atoms with van der Waals surface area (Å²) in [7, 11) is 0. The van der Waals surface area contributed by atoms with Crippen molar-refractivity contribution in [2.24, 2.45) is 0 Å². The summed E-state index contributed by atoms with van der Waals surface area (Å²) in [4.78, 5) is 24.5. The van der Waals surface area contributed by atoms with Gasteiger partial charge in [0.05, 0.1) is 5.56 Å². The Hall–Kier alpha value is -2.62. The van der Waals surface area contributed by atoms with Crippen LogP contribution < -0.4 is 5.32 Å². The summed E-state index contributed by atoms with van der Waals surface area (Å²) >= 11 is 0. The molecule has 1 aliphatic heterocycles. The predicted octanol–water partition coefficient (Wildman–Crippen LogP) is 3.53. The van der Waals surface area contributed by atoms with E-state index >= 15 is 0 Å². The van der Waals surface area contributed by atoms with Gasteiger partial charge in [0, 0.05) is 12.1 Å². The molecule has 1 heterocycles. The van der Waals surface area contributed by atoms with Gasteiger partial charge in [-0.2, -0.15) is 0 Å². The van der Waals surface area contributed by atoms with Crippen LogP contribution in [-0.4, -0.2) is 18.0 Å². The number of benzene rings is 2. The number of rotatable bonds is 3. The van der Waals surface area contributed by atoms with Crippen molar-refractivity contribution in [1.29, 1.82) is 0 Å². The molecular formula is C19H19NO3. The second-order valence-corrected chi connectivity index (χ2v) is 5.99. The van der Waals surface area contributed by atoms with Crippen molar-refractivity contribution in [3.8, 4) is 0 Å². The van der Waals surface area contributed by atoms with Crippen LogP contribution in [0.25, 0.3) is 0 Å². The minimum Gasteiger partial charge on any atom is -0.448 e. The SMILES string of the molecule is CC(C)c1ccccc1NC(=O)C1Cc2ccccc2C(=O)O1. The van der Waals surface area contributed by atoms with Gasteiger partial charge >= 0.3 is 5.97 Å².